The summed E-state index contributed by atoms with van der Waals surface area (Å²) in [4.78, 5) is 14.4. The van der Waals surface area contributed by atoms with Crippen molar-refractivity contribution in [1.29, 1.82) is 0 Å². The van der Waals surface area contributed by atoms with Crippen LogP contribution in [0, 0.1) is 0 Å². The molecule has 1 aliphatic rings. The first-order valence-corrected chi connectivity index (χ1v) is 8.57. The van der Waals surface area contributed by atoms with Crippen molar-refractivity contribution in [2.45, 2.75) is 25.5 Å². The minimum Gasteiger partial charge on any atom is -0.378 e. The Labute approximate surface area is 148 Å². The van der Waals surface area contributed by atoms with E-state index in [1.54, 1.807) is 24.3 Å². The van der Waals surface area contributed by atoms with Gasteiger partial charge in [-0.05, 0) is 11.1 Å². The van der Waals surface area contributed by atoms with E-state index in [1.165, 1.54) is 5.56 Å². The summed E-state index contributed by atoms with van der Waals surface area (Å²) in [7, 11) is 0. The van der Waals surface area contributed by atoms with Crippen LogP contribution in [0.2, 0.25) is 0 Å². The van der Waals surface area contributed by atoms with Crippen molar-refractivity contribution in [3.63, 3.8) is 0 Å². The molecule has 1 saturated heterocycles. The summed E-state index contributed by atoms with van der Waals surface area (Å²) in [5.41, 5.74) is 5.34. The third-order valence-corrected chi connectivity index (χ3v) is 4.37. The van der Waals surface area contributed by atoms with Crippen LogP contribution in [0.3, 0.4) is 0 Å². The van der Waals surface area contributed by atoms with Crippen molar-refractivity contribution >= 4 is 11.6 Å². The van der Waals surface area contributed by atoms with Crippen LogP contribution in [-0.4, -0.2) is 34.7 Å². The topological polar surface area (TPSA) is 64.9 Å². The zero-order valence-electron chi connectivity index (χ0n) is 14.1. The maximum absolute atomic E-state index is 12.0. The predicted octanol–water partition coefficient (Wildman–Crippen LogP) is 2.49. The number of hydrazone groups is 1. The lowest BCUT2D eigenvalue weighted by Crippen LogP contribution is -2.35. The van der Waals surface area contributed by atoms with E-state index >= 15 is 0 Å². The molecule has 5 heteroatoms. The van der Waals surface area contributed by atoms with Gasteiger partial charge in [-0.25, -0.2) is 5.43 Å². The Morgan fingerprint density at radius 2 is 1.64 bits per heavy atom. The summed E-state index contributed by atoms with van der Waals surface area (Å²) in [6, 6.07) is 19.3. The number of aliphatic hydroxyl groups excluding tert-OH is 1. The SMILES string of the molecule is O=C(NN=C1CCN(Cc2ccccc2)CC1)[C@@H](O)c1ccccc1. The van der Waals surface area contributed by atoms with Crippen LogP contribution in [0.5, 0.6) is 0 Å². The summed E-state index contributed by atoms with van der Waals surface area (Å²) < 4.78 is 0. The van der Waals surface area contributed by atoms with E-state index in [4.69, 9.17) is 0 Å². The number of piperidine rings is 1. The Morgan fingerprint density at radius 1 is 1.04 bits per heavy atom. The molecule has 130 valence electrons. The molecule has 25 heavy (non-hydrogen) atoms. The Balaban J connectivity index is 1.47. The van der Waals surface area contributed by atoms with Crippen LogP contribution in [0.1, 0.15) is 30.1 Å². The van der Waals surface area contributed by atoms with Crippen molar-refractivity contribution < 1.29 is 9.90 Å². The van der Waals surface area contributed by atoms with Gasteiger partial charge in [-0.2, -0.15) is 5.10 Å². The summed E-state index contributed by atoms with van der Waals surface area (Å²) >= 11 is 0. The van der Waals surface area contributed by atoms with E-state index in [1.807, 2.05) is 12.1 Å². The second-order valence-corrected chi connectivity index (χ2v) is 6.23. The number of aliphatic hydroxyl groups is 1. The zero-order valence-corrected chi connectivity index (χ0v) is 14.1. The molecule has 3 rings (SSSR count). The van der Waals surface area contributed by atoms with E-state index in [0.29, 0.717) is 5.56 Å². The molecule has 2 aromatic rings. The van der Waals surface area contributed by atoms with Crippen LogP contribution in [0.15, 0.2) is 65.8 Å². The van der Waals surface area contributed by atoms with E-state index < -0.39 is 12.0 Å². The molecule has 0 radical (unpaired) electrons. The van der Waals surface area contributed by atoms with Crippen LogP contribution in [0.4, 0.5) is 0 Å². The third-order valence-electron chi connectivity index (χ3n) is 4.37. The van der Waals surface area contributed by atoms with Gasteiger partial charge in [0.15, 0.2) is 6.10 Å². The van der Waals surface area contributed by atoms with E-state index in [9.17, 15) is 9.90 Å². The molecule has 1 heterocycles. The van der Waals surface area contributed by atoms with Crippen LogP contribution >= 0.6 is 0 Å². The lowest BCUT2D eigenvalue weighted by atomic mass is 10.1. The van der Waals surface area contributed by atoms with Crippen LogP contribution in [-0.2, 0) is 11.3 Å². The fraction of sp³-hybridized carbons (Fsp3) is 0.300. The smallest absolute Gasteiger partial charge is 0.273 e. The van der Waals surface area contributed by atoms with E-state index in [-0.39, 0.29) is 0 Å². The van der Waals surface area contributed by atoms with E-state index in [2.05, 4.69) is 39.7 Å². The normalized spacial score (nSPS) is 16.3. The molecule has 0 saturated carbocycles. The van der Waals surface area contributed by atoms with Gasteiger partial charge in [-0.3, -0.25) is 9.69 Å². The highest BCUT2D eigenvalue weighted by atomic mass is 16.3. The van der Waals surface area contributed by atoms with Gasteiger partial charge in [0.1, 0.15) is 0 Å². The molecule has 1 amide bonds. The maximum Gasteiger partial charge on any atom is 0.273 e. The van der Waals surface area contributed by atoms with Gasteiger partial charge in [-0.15, -0.1) is 0 Å². The zero-order chi connectivity index (χ0) is 17.5. The number of benzene rings is 2. The van der Waals surface area contributed by atoms with Gasteiger partial charge in [0.05, 0.1) is 0 Å². The maximum atomic E-state index is 12.0. The fourth-order valence-electron chi connectivity index (χ4n) is 2.90. The van der Waals surface area contributed by atoms with Gasteiger partial charge < -0.3 is 5.11 Å². The Morgan fingerprint density at radius 3 is 2.28 bits per heavy atom. The summed E-state index contributed by atoms with van der Waals surface area (Å²) in [6.45, 7) is 2.78. The quantitative estimate of drug-likeness (QED) is 0.824. The number of nitrogens with one attached hydrogen (secondary N) is 1. The Bertz CT molecular complexity index is 706. The van der Waals surface area contributed by atoms with Gasteiger partial charge in [-0.1, -0.05) is 60.7 Å². The summed E-state index contributed by atoms with van der Waals surface area (Å²) in [5.74, 6) is -0.495. The number of rotatable bonds is 5. The molecule has 0 aromatic heterocycles. The lowest BCUT2D eigenvalue weighted by Gasteiger charge is -2.27. The monoisotopic (exact) mass is 337 g/mol. The summed E-state index contributed by atoms with van der Waals surface area (Å²) in [5, 5.41) is 14.2. The van der Waals surface area contributed by atoms with Crippen molar-refractivity contribution in [3.8, 4) is 0 Å². The van der Waals surface area contributed by atoms with Gasteiger partial charge in [0.25, 0.3) is 5.91 Å². The molecule has 1 atom stereocenters. The fourth-order valence-corrected chi connectivity index (χ4v) is 2.90. The number of hydrogen-bond acceptors (Lipinski definition) is 4. The molecular weight excluding hydrogens is 314 g/mol. The first-order chi connectivity index (χ1) is 12.2. The molecule has 2 aromatic carbocycles. The first-order valence-electron chi connectivity index (χ1n) is 8.57. The minimum atomic E-state index is -1.19. The minimum absolute atomic E-state index is 0.495. The largest absolute Gasteiger partial charge is 0.378 e. The number of carbonyl (C=O) groups excluding carboxylic acids is 1. The number of carbonyl (C=O) groups is 1. The molecule has 1 fully saturated rings. The molecule has 0 bridgehead atoms. The predicted molar refractivity (Wildman–Crippen MR) is 97.9 cm³/mol. The summed E-state index contributed by atoms with van der Waals surface area (Å²) in [6.07, 6.45) is 0.465. The van der Waals surface area contributed by atoms with Crippen LogP contribution < -0.4 is 5.43 Å². The highest BCUT2D eigenvalue weighted by Gasteiger charge is 2.18. The number of nitrogens with zero attached hydrogens (tertiary/aromatic N) is 2. The van der Waals surface area contributed by atoms with Crippen molar-refractivity contribution in [1.82, 2.24) is 10.3 Å². The highest BCUT2D eigenvalue weighted by Crippen LogP contribution is 2.13. The van der Waals surface area contributed by atoms with Crippen molar-refractivity contribution in [2.75, 3.05) is 13.1 Å². The molecule has 0 unspecified atom stereocenters. The van der Waals surface area contributed by atoms with Gasteiger partial charge in [0, 0.05) is 38.2 Å². The second kappa shape index (κ2) is 8.55. The van der Waals surface area contributed by atoms with Crippen molar-refractivity contribution in [3.05, 3.63) is 71.8 Å². The standard InChI is InChI=1S/C20H23N3O2/c24-19(17-9-5-2-6-10-17)20(25)22-21-18-11-13-23(14-12-18)15-16-7-3-1-4-8-16/h1-10,19,24H,11-15H2,(H,22,25)/t19-/m0/s1. The average molecular weight is 337 g/mol. The average Bonchev–Trinajstić information content (AvgIpc) is 2.68. The van der Waals surface area contributed by atoms with Gasteiger partial charge in [0.2, 0.25) is 0 Å². The van der Waals surface area contributed by atoms with Crippen molar-refractivity contribution in [2.24, 2.45) is 5.10 Å². The first kappa shape index (κ1) is 17.3. The molecule has 0 aliphatic carbocycles. The number of amides is 1. The third kappa shape index (κ3) is 4.98. The second-order valence-electron chi connectivity index (χ2n) is 6.23. The molecule has 0 spiro atoms. The number of likely N-dealkylation sites (tertiary alicyclic amines) is 1. The molecular formula is C20H23N3O2. The van der Waals surface area contributed by atoms with Crippen LogP contribution in [0.25, 0.3) is 0 Å². The lowest BCUT2D eigenvalue weighted by molar-refractivity contribution is -0.129. The number of hydrogen-bond donors (Lipinski definition) is 2. The highest BCUT2D eigenvalue weighted by molar-refractivity contribution is 5.88. The Kier molecular flexibility index (Phi) is 5.93. The van der Waals surface area contributed by atoms with Gasteiger partial charge >= 0.3 is 0 Å². The van der Waals surface area contributed by atoms with E-state index in [0.717, 1.165) is 38.2 Å². The molecule has 1 aliphatic heterocycles. The molecule has 5 nitrogen and oxygen atoms in total. The molecule has 2 N–H and O–H groups in total. The Hall–Kier alpha value is -2.50.